The lowest BCUT2D eigenvalue weighted by Gasteiger charge is -2.38. The Hall–Kier alpha value is -1.33. The average molecular weight is 350 g/mol. The van der Waals surface area contributed by atoms with Gasteiger partial charge in [0.05, 0.1) is 35.2 Å². The Bertz CT molecular complexity index is 648. The van der Waals surface area contributed by atoms with Crippen LogP contribution in [0.1, 0.15) is 32.1 Å². The molecule has 1 fully saturated rings. The fourth-order valence-corrected chi connectivity index (χ4v) is 3.50. The van der Waals surface area contributed by atoms with Crippen molar-refractivity contribution in [1.29, 1.82) is 0 Å². The van der Waals surface area contributed by atoms with Crippen LogP contribution in [0.2, 0.25) is 0 Å². The largest absolute Gasteiger partial charge is 0.396 e. The molecule has 0 radical (unpaired) electrons. The molecule has 2 aromatic rings. The molecule has 112 valence electrons. The molecule has 0 unspecified atom stereocenters. The highest BCUT2D eigenvalue weighted by Gasteiger charge is 2.32. The van der Waals surface area contributed by atoms with E-state index in [9.17, 15) is 5.11 Å². The molecule has 0 bridgehead atoms. The second-order valence-corrected chi connectivity index (χ2v) is 6.79. The van der Waals surface area contributed by atoms with E-state index >= 15 is 0 Å². The number of nitrogens with one attached hydrogen (secondary N) is 1. The Morgan fingerprint density at radius 1 is 1.29 bits per heavy atom. The van der Waals surface area contributed by atoms with Crippen LogP contribution < -0.4 is 11.1 Å². The van der Waals surface area contributed by atoms with Crippen LogP contribution in [0, 0.1) is 0 Å². The summed E-state index contributed by atoms with van der Waals surface area (Å²) in [5.74, 6) is 0. The van der Waals surface area contributed by atoms with Crippen molar-refractivity contribution in [3.8, 4) is 0 Å². The smallest absolute Gasteiger partial charge is 0.0743 e. The normalized spacial score (nSPS) is 17.8. The van der Waals surface area contributed by atoms with Gasteiger partial charge < -0.3 is 16.2 Å². The zero-order valence-corrected chi connectivity index (χ0v) is 13.5. The lowest BCUT2D eigenvalue weighted by Crippen LogP contribution is -2.44. The van der Waals surface area contributed by atoms with Crippen molar-refractivity contribution < 1.29 is 5.11 Å². The van der Waals surface area contributed by atoms with Crippen molar-refractivity contribution >= 4 is 38.2 Å². The minimum Gasteiger partial charge on any atom is -0.396 e. The SMILES string of the molecule is Nc1cnc2ccc(Br)cc2c1NC1(CO)CCCCC1. The number of fused-ring (bicyclic) bond motifs is 1. The first-order chi connectivity index (χ1) is 10.1. The maximum absolute atomic E-state index is 9.89. The lowest BCUT2D eigenvalue weighted by atomic mass is 9.82. The van der Waals surface area contributed by atoms with Crippen molar-refractivity contribution in [2.24, 2.45) is 0 Å². The van der Waals surface area contributed by atoms with Gasteiger partial charge in [-0.15, -0.1) is 0 Å². The van der Waals surface area contributed by atoms with Crippen molar-refractivity contribution in [2.45, 2.75) is 37.6 Å². The Labute approximate surface area is 132 Å². The van der Waals surface area contributed by atoms with Crippen LogP contribution in [0.4, 0.5) is 11.4 Å². The maximum atomic E-state index is 9.89. The number of hydrogen-bond donors (Lipinski definition) is 3. The van der Waals surface area contributed by atoms with E-state index in [0.29, 0.717) is 5.69 Å². The number of aliphatic hydroxyl groups is 1. The summed E-state index contributed by atoms with van der Waals surface area (Å²) in [6, 6.07) is 5.96. The van der Waals surface area contributed by atoms with Gasteiger partial charge in [-0.2, -0.15) is 0 Å². The molecule has 0 saturated heterocycles. The quantitative estimate of drug-likeness (QED) is 0.790. The van der Waals surface area contributed by atoms with Crippen LogP contribution in [0.3, 0.4) is 0 Å². The number of aromatic nitrogens is 1. The average Bonchev–Trinajstić information content (AvgIpc) is 2.51. The van der Waals surface area contributed by atoms with E-state index in [4.69, 9.17) is 5.73 Å². The molecule has 5 heteroatoms. The summed E-state index contributed by atoms with van der Waals surface area (Å²) in [5.41, 5.74) is 8.30. The number of nitrogens with two attached hydrogens (primary N) is 1. The van der Waals surface area contributed by atoms with E-state index < -0.39 is 0 Å². The molecule has 1 aromatic carbocycles. The van der Waals surface area contributed by atoms with E-state index in [1.807, 2.05) is 18.2 Å². The number of halogens is 1. The van der Waals surface area contributed by atoms with Crippen LogP contribution in [0.25, 0.3) is 10.9 Å². The van der Waals surface area contributed by atoms with Gasteiger partial charge in [0.2, 0.25) is 0 Å². The Morgan fingerprint density at radius 2 is 2.05 bits per heavy atom. The Balaban J connectivity index is 2.06. The third-order valence-corrected chi connectivity index (χ3v) is 4.86. The number of nitrogen functional groups attached to an aromatic ring is 1. The summed E-state index contributed by atoms with van der Waals surface area (Å²) in [6.45, 7) is 0.129. The molecular weight excluding hydrogens is 330 g/mol. The number of nitrogens with zero attached hydrogens (tertiary/aromatic N) is 1. The minimum absolute atomic E-state index is 0.129. The Morgan fingerprint density at radius 3 is 2.76 bits per heavy atom. The predicted octanol–water partition coefficient (Wildman–Crippen LogP) is 3.69. The zero-order chi connectivity index (χ0) is 14.9. The summed E-state index contributed by atoms with van der Waals surface area (Å²) in [4.78, 5) is 4.38. The first-order valence-corrected chi connectivity index (χ1v) is 8.16. The Kier molecular flexibility index (Phi) is 4.04. The second kappa shape index (κ2) is 5.81. The van der Waals surface area contributed by atoms with Crippen molar-refractivity contribution in [3.63, 3.8) is 0 Å². The van der Waals surface area contributed by atoms with Crippen LogP contribution >= 0.6 is 15.9 Å². The molecule has 21 heavy (non-hydrogen) atoms. The molecule has 0 amide bonds. The highest BCUT2D eigenvalue weighted by Crippen LogP contribution is 2.37. The van der Waals surface area contributed by atoms with Gasteiger partial charge in [0.25, 0.3) is 0 Å². The minimum atomic E-state index is -0.261. The van der Waals surface area contributed by atoms with E-state index in [1.165, 1.54) is 6.42 Å². The number of benzene rings is 1. The molecule has 1 aliphatic rings. The summed E-state index contributed by atoms with van der Waals surface area (Å²) in [6.07, 6.45) is 7.15. The van der Waals surface area contributed by atoms with E-state index in [-0.39, 0.29) is 12.1 Å². The highest BCUT2D eigenvalue weighted by molar-refractivity contribution is 9.10. The molecule has 1 aromatic heterocycles. The predicted molar refractivity (Wildman–Crippen MR) is 90.4 cm³/mol. The fourth-order valence-electron chi connectivity index (χ4n) is 3.14. The van der Waals surface area contributed by atoms with Crippen LogP contribution in [-0.4, -0.2) is 22.2 Å². The van der Waals surface area contributed by atoms with Crippen molar-refractivity contribution in [2.75, 3.05) is 17.7 Å². The first kappa shape index (κ1) is 14.6. The molecule has 4 nitrogen and oxygen atoms in total. The fraction of sp³-hybridized carbons (Fsp3) is 0.438. The number of aliphatic hydroxyl groups excluding tert-OH is 1. The molecule has 3 rings (SSSR count). The van der Waals surface area contributed by atoms with Gasteiger partial charge in [-0.3, -0.25) is 4.98 Å². The zero-order valence-electron chi connectivity index (χ0n) is 11.9. The molecule has 0 aliphatic heterocycles. The molecule has 1 aliphatic carbocycles. The van der Waals surface area contributed by atoms with Gasteiger partial charge in [-0.25, -0.2) is 0 Å². The van der Waals surface area contributed by atoms with Crippen LogP contribution in [0.15, 0.2) is 28.9 Å². The molecule has 4 N–H and O–H groups in total. The number of anilines is 2. The van der Waals surface area contributed by atoms with Gasteiger partial charge in [0.15, 0.2) is 0 Å². The first-order valence-electron chi connectivity index (χ1n) is 7.36. The number of pyridine rings is 1. The lowest BCUT2D eigenvalue weighted by molar-refractivity contribution is 0.173. The molecule has 0 atom stereocenters. The molecule has 0 spiro atoms. The van der Waals surface area contributed by atoms with Crippen molar-refractivity contribution in [1.82, 2.24) is 4.98 Å². The third-order valence-electron chi connectivity index (χ3n) is 4.36. The van der Waals surface area contributed by atoms with Crippen LogP contribution in [0.5, 0.6) is 0 Å². The van der Waals surface area contributed by atoms with Gasteiger partial charge in [-0.1, -0.05) is 35.2 Å². The van der Waals surface area contributed by atoms with E-state index in [1.54, 1.807) is 6.20 Å². The number of hydrogen-bond acceptors (Lipinski definition) is 4. The summed E-state index contributed by atoms with van der Waals surface area (Å²) in [5, 5.41) is 14.4. The van der Waals surface area contributed by atoms with E-state index in [2.05, 4.69) is 26.2 Å². The molecular formula is C16H20BrN3O. The van der Waals surface area contributed by atoms with Crippen molar-refractivity contribution in [3.05, 3.63) is 28.9 Å². The molecule has 1 heterocycles. The second-order valence-electron chi connectivity index (χ2n) is 5.87. The maximum Gasteiger partial charge on any atom is 0.0743 e. The van der Waals surface area contributed by atoms with Gasteiger partial charge >= 0.3 is 0 Å². The standard InChI is InChI=1S/C16H20BrN3O/c17-11-4-5-14-12(8-11)15(13(18)9-19-14)20-16(10-21)6-2-1-3-7-16/h4-5,8-9,21H,1-3,6-7,10,18H2,(H,19,20). The monoisotopic (exact) mass is 349 g/mol. The van der Waals surface area contributed by atoms with Gasteiger partial charge in [-0.05, 0) is 31.0 Å². The summed E-state index contributed by atoms with van der Waals surface area (Å²) >= 11 is 3.50. The summed E-state index contributed by atoms with van der Waals surface area (Å²) < 4.78 is 0.993. The van der Waals surface area contributed by atoms with E-state index in [0.717, 1.165) is 46.7 Å². The topological polar surface area (TPSA) is 71.2 Å². The van der Waals surface area contributed by atoms with Gasteiger partial charge in [0.1, 0.15) is 0 Å². The molecule has 1 saturated carbocycles. The number of rotatable bonds is 3. The highest BCUT2D eigenvalue weighted by atomic mass is 79.9. The summed E-state index contributed by atoms with van der Waals surface area (Å²) in [7, 11) is 0. The van der Waals surface area contributed by atoms with Gasteiger partial charge in [0, 0.05) is 9.86 Å². The van der Waals surface area contributed by atoms with Crippen LogP contribution in [-0.2, 0) is 0 Å². The third kappa shape index (κ3) is 2.85.